The number of hydrogen-bond donors (Lipinski definition) is 0. The second kappa shape index (κ2) is 11.5. The van der Waals surface area contributed by atoms with Gasteiger partial charge in [0, 0.05) is 12.3 Å². The first-order valence-electron chi connectivity index (χ1n) is 10.7. The van der Waals surface area contributed by atoms with Crippen LogP contribution in [0.4, 0.5) is 4.39 Å². The Hall–Kier alpha value is -1.14. The fraction of sp³-hybridized carbons (Fsp3) is 0.458. The smallest absolute Gasteiger partial charge is 0.151 e. The van der Waals surface area contributed by atoms with E-state index in [-0.39, 0.29) is 18.2 Å². The van der Waals surface area contributed by atoms with Crippen LogP contribution >= 0.6 is 35.5 Å². The molecule has 1 fully saturated rings. The van der Waals surface area contributed by atoms with Crippen LogP contribution in [0.5, 0.6) is 0 Å². The number of fused-ring (bicyclic) bond motifs is 1. The monoisotopic (exact) mass is 464 g/mol. The molecule has 1 saturated heterocycles. The fourth-order valence-electron chi connectivity index (χ4n) is 4.30. The first-order valence-corrected chi connectivity index (χ1v) is 12.5. The van der Waals surface area contributed by atoms with Crippen molar-refractivity contribution in [3.63, 3.8) is 0 Å². The van der Waals surface area contributed by atoms with E-state index in [1.807, 2.05) is 23.9 Å². The van der Waals surface area contributed by atoms with E-state index < -0.39 is 0 Å². The zero-order valence-corrected chi connectivity index (χ0v) is 19.9. The Balaban J connectivity index is 0.00000256. The van der Waals surface area contributed by atoms with Crippen molar-refractivity contribution in [2.45, 2.75) is 42.9 Å². The Morgan fingerprint density at radius 1 is 1.13 bits per heavy atom. The summed E-state index contributed by atoms with van der Waals surface area (Å²) in [5.41, 5.74) is 2.38. The molecule has 2 nitrogen and oxygen atoms in total. The highest BCUT2D eigenvalue weighted by Crippen LogP contribution is 2.38. The lowest BCUT2D eigenvalue weighted by molar-refractivity contribution is 0.163. The summed E-state index contributed by atoms with van der Waals surface area (Å²) in [5.74, 6) is 1.98. The molecule has 1 aromatic heterocycles. The number of piperidine rings is 1. The largest absolute Gasteiger partial charge is 0.303 e. The number of para-hydroxylation sites is 1. The number of nitrogens with zero attached hydrogens (tertiary/aromatic N) is 2. The predicted molar refractivity (Wildman–Crippen MR) is 131 cm³/mol. The van der Waals surface area contributed by atoms with Gasteiger partial charge in [0.1, 0.15) is 5.82 Å². The van der Waals surface area contributed by atoms with Crippen molar-refractivity contribution in [2.75, 3.05) is 25.4 Å². The quantitative estimate of drug-likeness (QED) is 0.258. The van der Waals surface area contributed by atoms with E-state index in [2.05, 4.69) is 36.1 Å². The minimum Gasteiger partial charge on any atom is -0.303 e. The fourth-order valence-corrected chi connectivity index (χ4v) is 6.57. The molecule has 1 aliphatic rings. The van der Waals surface area contributed by atoms with Crippen molar-refractivity contribution < 1.29 is 4.39 Å². The Morgan fingerprint density at radius 2 is 1.93 bits per heavy atom. The van der Waals surface area contributed by atoms with Crippen LogP contribution in [-0.4, -0.2) is 35.3 Å². The molecule has 162 valence electrons. The van der Waals surface area contributed by atoms with Gasteiger partial charge >= 0.3 is 0 Å². The Labute approximate surface area is 193 Å². The van der Waals surface area contributed by atoms with E-state index in [1.165, 1.54) is 36.1 Å². The van der Waals surface area contributed by atoms with Crippen LogP contribution in [-0.2, 0) is 0 Å². The summed E-state index contributed by atoms with van der Waals surface area (Å²) < 4.78 is 15.9. The molecule has 1 aliphatic heterocycles. The van der Waals surface area contributed by atoms with Gasteiger partial charge in [-0.15, -0.1) is 23.7 Å². The van der Waals surface area contributed by atoms with E-state index >= 15 is 0 Å². The molecule has 6 heteroatoms. The van der Waals surface area contributed by atoms with E-state index in [0.717, 1.165) is 35.1 Å². The van der Waals surface area contributed by atoms with Crippen molar-refractivity contribution in [3.05, 3.63) is 59.9 Å². The van der Waals surface area contributed by atoms with Crippen molar-refractivity contribution >= 4 is 45.7 Å². The van der Waals surface area contributed by atoms with E-state index in [1.54, 1.807) is 23.5 Å². The molecule has 0 radical (unpaired) electrons. The van der Waals surface area contributed by atoms with Crippen LogP contribution in [0.2, 0.25) is 0 Å². The molecule has 0 spiro atoms. The number of rotatable bonds is 8. The van der Waals surface area contributed by atoms with Crippen LogP contribution in [0.25, 0.3) is 10.2 Å². The van der Waals surface area contributed by atoms with Gasteiger partial charge < -0.3 is 4.90 Å². The summed E-state index contributed by atoms with van der Waals surface area (Å²) in [6.45, 7) is 5.74. The summed E-state index contributed by atoms with van der Waals surface area (Å²) in [5, 5.41) is 0. The lowest BCUT2D eigenvalue weighted by atomic mass is 9.81. The minimum atomic E-state index is -0.147. The molecule has 3 aromatic rings. The maximum absolute atomic E-state index is 13.4. The second-order valence-corrected chi connectivity index (χ2v) is 10.3. The average Bonchev–Trinajstić information content (AvgIpc) is 3.16. The number of aromatic nitrogens is 1. The average molecular weight is 465 g/mol. The zero-order valence-electron chi connectivity index (χ0n) is 17.4. The third kappa shape index (κ3) is 5.97. The van der Waals surface area contributed by atoms with Crippen molar-refractivity contribution in [1.82, 2.24) is 9.88 Å². The molecular formula is C24H30ClFN2S2. The Kier molecular flexibility index (Phi) is 8.99. The Bertz CT molecular complexity index is 882. The van der Waals surface area contributed by atoms with E-state index in [0.29, 0.717) is 11.8 Å². The highest BCUT2D eigenvalue weighted by molar-refractivity contribution is 8.01. The second-order valence-electron chi connectivity index (χ2n) is 7.97. The van der Waals surface area contributed by atoms with Crippen LogP contribution < -0.4 is 0 Å². The van der Waals surface area contributed by atoms with Crippen LogP contribution in [0.1, 0.15) is 44.1 Å². The summed E-state index contributed by atoms with van der Waals surface area (Å²) >= 11 is 3.68. The topological polar surface area (TPSA) is 16.1 Å². The van der Waals surface area contributed by atoms with Gasteiger partial charge in [-0.1, -0.05) is 55.8 Å². The number of halogens is 2. The van der Waals surface area contributed by atoms with Crippen molar-refractivity contribution in [3.8, 4) is 0 Å². The van der Waals surface area contributed by atoms with Crippen LogP contribution in [0.3, 0.4) is 0 Å². The van der Waals surface area contributed by atoms with Crippen molar-refractivity contribution in [2.24, 2.45) is 5.92 Å². The first-order chi connectivity index (χ1) is 14.2. The van der Waals surface area contributed by atoms with Gasteiger partial charge in [-0.05, 0) is 67.6 Å². The van der Waals surface area contributed by atoms with Crippen molar-refractivity contribution in [1.29, 1.82) is 0 Å². The Morgan fingerprint density at radius 3 is 2.70 bits per heavy atom. The minimum absolute atomic E-state index is 0. The molecule has 0 amide bonds. The number of thioether (sulfide) groups is 1. The first kappa shape index (κ1) is 23.5. The lowest BCUT2D eigenvalue weighted by Crippen LogP contribution is -2.41. The number of likely N-dealkylation sites (tertiary alicyclic amines) is 1. The van der Waals surface area contributed by atoms with Gasteiger partial charge in [-0.25, -0.2) is 9.37 Å². The van der Waals surface area contributed by atoms with Gasteiger partial charge in [-0.3, -0.25) is 0 Å². The number of benzene rings is 2. The van der Waals surface area contributed by atoms with E-state index in [9.17, 15) is 4.39 Å². The zero-order chi connectivity index (χ0) is 20.1. The molecule has 0 unspecified atom stereocenters. The predicted octanol–water partition coefficient (Wildman–Crippen LogP) is 7.25. The molecule has 2 heterocycles. The number of thiazole rings is 1. The molecule has 0 bridgehead atoms. The van der Waals surface area contributed by atoms with Crippen LogP contribution in [0.15, 0.2) is 52.9 Å². The number of unbranched alkanes of at least 4 members (excludes halogenated alkanes) is 2. The molecule has 30 heavy (non-hydrogen) atoms. The molecule has 2 aromatic carbocycles. The maximum atomic E-state index is 13.4. The highest BCUT2D eigenvalue weighted by atomic mass is 35.5. The van der Waals surface area contributed by atoms with Gasteiger partial charge in [-0.2, -0.15) is 0 Å². The third-order valence-corrected chi connectivity index (χ3v) is 8.26. The third-order valence-electron chi connectivity index (χ3n) is 5.89. The molecule has 0 aliphatic carbocycles. The SMILES string of the molecule is CCCCCN1CC[C@H](c2ccc(F)cc2)[C@@H](CSc2nc3ccccc3s2)C1.Cl. The standard InChI is InChI=1S/C24H29FN2S2.ClH/c1-2-3-6-14-27-15-13-21(18-9-11-20(25)12-10-18)19(16-27)17-28-24-26-22-7-4-5-8-23(22)29-24;/h4-5,7-12,19,21H,2-3,6,13-17H2,1H3;1H/t19-,21-;/m1./s1. The van der Waals surface area contributed by atoms with Gasteiger partial charge in [0.2, 0.25) is 0 Å². The van der Waals surface area contributed by atoms with Gasteiger partial charge in [0.15, 0.2) is 4.34 Å². The maximum Gasteiger partial charge on any atom is 0.151 e. The molecule has 0 saturated carbocycles. The molecule has 4 rings (SSSR count). The molecule has 2 atom stereocenters. The van der Waals surface area contributed by atoms with E-state index in [4.69, 9.17) is 4.98 Å². The summed E-state index contributed by atoms with van der Waals surface area (Å²) in [6, 6.07) is 15.6. The lowest BCUT2D eigenvalue weighted by Gasteiger charge is -2.39. The highest BCUT2D eigenvalue weighted by Gasteiger charge is 2.30. The normalized spacial score (nSPS) is 19.7. The summed E-state index contributed by atoms with van der Waals surface area (Å²) in [4.78, 5) is 7.44. The van der Waals surface area contributed by atoms with Crippen LogP contribution in [0, 0.1) is 11.7 Å². The van der Waals surface area contributed by atoms with Gasteiger partial charge in [0.25, 0.3) is 0 Å². The molecular weight excluding hydrogens is 435 g/mol. The molecule has 0 N–H and O–H groups in total. The summed E-state index contributed by atoms with van der Waals surface area (Å²) in [7, 11) is 0. The summed E-state index contributed by atoms with van der Waals surface area (Å²) in [6.07, 6.45) is 5.02. The van der Waals surface area contributed by atoms with Gasteiger partial charge in [0.05, 0.1) is 10.2 Å². The number of hydrogen-bond acceptors (Lipinski definition) is 4.